The largest absolute Gasteiger partial charge is 0.456 e. The molecule has 0 N–H and O–H groups in total. The Labute approximate surface area is 449 Å². The second-order valence-corrected chi connectivity index (χ2v) is 18.3. The molecule has 0 bridgehead atoms. The van der Waals surface area contributed by atoms with Gasteiger partial charge < -0.3 is 8.83 Å². The van der Waals surface area contributed by atoms with Crippen molar-refractivity contribution >= 4 is 76.2 Å². The molecule has 0 radical (unpaired) electrons. The van der Waals surface area contributed by atoms with Crippen LogP contribution >= 0.6 is 0 Å². The summed E-state index contributed by atoms with van der Waals surface area (Å²) in [6, 6.07) is 74.5. The Bertz CT molecular complexity index is 4190. The maximum absolute atomic E-state index is 6.22. The number of fused-ring (bicyclic) bond motifs is 9. The first-order chi connectivity index (χ1) is 37.9. The number of rotatable bonds is 6. The predicted molar refractivity (Wildman–Crippen MR) is 320 cm³/mol. The number of hydrogen-bond donors (Lipinski definition) is 0. The minimum absolute atomic E-state index is 0.673. The van der Waals surface area contributed by atoms with Gasteiger partial charge in [-0.25, -0.2) is 29.9 Å². The van der Waals surface area contributed by atoms with Gasteiger partial charge in [-0.1, -0.05) is 222 Å². The highest BCUT2D eigenvalue weighted by Crippen LogP contribution is 2.39. The highest BCUT2D eigenvalue weighted by molar-refractivity contribution is 6.16. The van der Waals surface area contributed by atoms with E-state index in [2.05, 4.69) is 171 Å². The molecule has 0 atom stereocenters. The van der Waals surface area contributed by atoms with Crippen LogP contribution in [0.25, 0.3) is 110 Å². The number of hydrogen-bond acceptors (Lipinski definition) is 8. The molecule has 378 valence electrons. The first-order valence-electron chi connectivity index (χ1n) is 26.6. The Morgan fingerprint density at radius 3 is 1.06 bits per heavy atom. The van der Waals surface area contributed by atoms with Gasteiger partial charge in [0.05, 0.1) is 0 Å². The van der Waals surface area contributed by atoms with Crippen LogP contribution in [0, 0.1) is 6.92 Å². The van der Waals surface area contributed by atoms with E-state index in [0.29, 0.717) is 11.6 Å². The first-order valence-corrected chi connectivity index (χ1v) is 26.6. The average Bonchev–Trinajstić information content (AvgIpc) is 4.08. The van der Waals surface area contributed by atoms with Crippen molar-refractivity contribution < 1.29 is 8.83 Å². The zero-order valence-corrected chi connectivity index (χ0v) is 44.4. The van der Waals surface area contributed by atoms with Crippen molar-refractivity contribution in [3.8, 4) is 34.2 Å². The lowest BCUT2D eigenvalue weighted by atomic mass is 10.0. The number of benzene rings is 10. The molecule has 14 aromatic rings. The highest BCUT2D eigenvalue weighted by atomic mass is 16.3. The second kappa shape index (κ2) is 23.9. The van der Waals surface area contributed by atoms with Crippen molar-refractivity contribution in [2.24, 2.45) is 0 Å². The maximum Gasteiger partial charge on any atom is 0.164 e. The standard InChI is InChI=1S/C27H19N3O.C23H19N3O.C10H8.C7H8.C2H6/c1-2-24-28-26(17-9-4-3-5-10-17)30-27(29-24)20-13-8-14-22-25(20)21-15-18-11-6-7-12-19(18)16-23(21)31-22;1-3-20-24-21(4-2)26-23(25-20)16-10-7-11-18-22(16)17-12-14-8-5-6-9-15(14)13-19(17)27-18;1-2-6-10-8-4-3-7-9(10)5-1;1-7-5-3-2-4-6-7;1-2/h3-16H,2H2,1H3;5-13H,3-4H2,1-2H3;1-8H;2-6H,1H3;1-2H3. The van der Waals surface area contributed by atoms with Crippen LogP contribution < -0.4 is 0 Å². The number of furan rings is 2. The third-order valence-corrected chi connectivity index (χ3v) is 13.2. The summed E-state index contributed by atoms with van der Waals surface area (Å²) in [6.45, 7) is 12.3. The molecule has 4 heterocycles. The van der Waals surface area contributed by atoms with Crippen LogP contribution in [0.15, 0.2) is 227 Å². The van der Waals surface area contributed by atoms with Crippen LogP contribution in [-0.2, 0) is 19.3 Å². The van der Waals surface area contributed by atoms with E-state index in [1.807, 2.05) is 98.8 Å². The molecule has 0 spiro atoms. The summed E-state index contributed by atoms with van der Waals surface area (Å²) in [5.41, 5.74) is 7.70. The van der Waals surface area contributed by atoms with Gasteiger partial charge in [0.2, 0.25) is 0 Å². The zero-order chi connectivity index (χ0) is 53.1. The van der Waals surface area contributed by atoms with Crippen molar-refractivity contribution in [2.75, 3.05) is 0 Å². The Kier molecular flexibility index (Phi) is 15.8. The van der Waals surface area contributed by atoms with Gasteiger partial charge >= 0.3 is 0 Å². The third-order valence-electron chi connectivity index (χ3n) is 13.2. The second-order valence-electron chi connectivity index (χ2n) is 18.3. The quantitative estimate of drug-likeness (QED) is 0.162. The average molecular weight is 1010 g/mol. The molecular weight excluding hydrogens is 945 g/mol. The summed E-state index contributed by atoms with van der Waals surface area (Å²) in [4.78, 5) is 28.2. The van der Waals surface area contributed by atoms with E-state index in [0.717, 1.165) is 109 Å². The van der Waals surface area contributed by atoms with Gasteiger partial charge in [-0.05, 0) is 75.6 Å². The third kappa shape index (κ3) is 11.3. The fraction of sp³-hybridized carbons (Fsp3) is 0.130. The van der Waals surface area contributed by atoms with E-state index >= 15 is 0 Å². The monoisotopic (exact) mass is 1000 g/mol. The van der Waals surface area contributed by atoms with Gasteiger partial charge in [-0.15, -0.1) is 0 Å². The summed E-state index contributed by atoms with van der Waals surface area (Å²) < 4.78 is 12.4. The summed E-state index contributed by atoms with van der Waals surface area (Å²) >= 11 is 0. The normalized spacial score (nSPS) is 10.9. The first kappa shape index (κ1) is 51.1. The van der Waals surface area contributed by atoms with Crippen LogP contribution in [0.2, 0.25) is 0 Å². The minimum atomic E-state index is 0.673. The lowest BCUT2D eigenvalue weighted by Crippen LogP contribution is -2.04. The molecule has 0 aliphatic heterocycles. The van der Waals surface area contributed by atoms with Crippen LogP contribution in [-0.4, -0.2) is 29.9 Å². The summed E-state index contributed by atoms with van der Waals surface area (Å²) in [5.74, 6) is 4.52. The Morgan fingerprint density at radius 2 is 0.662 bits per heavy atom. The van der Waals surface area contributed by atoms with Crippen LogP contribution in [0.5, 0.6) is 0 Å². The SMILES string of the molecule is CC.CCc1nc(-c2ccccc2)nc(-c2cccc3oc4cc5ccccc5cc4c23)n1.CCc1nc(CC)nc(-c2cccc3oc4cc5ccccc5cc4c23)n1.Cc1ccccc1.c1ccc2ccccc2c1. The van der Waals surface area contributed by atoms with Gasteiger partial charge in [0.1, 0.15) is 39.8 Å². The summed E-state index contributed by atoms with van der Waals surface area (Å²) in [7, 11) is 0. The zero-order valence-electron chi connectivity index (χ0n) is 44.4. The molecule has 0 saturated heterocycles. The van der Waals surface area contributed by atoms with Crippen LogP contribution in [0.3, 0.4) is 0 Å². The number of aromatic nitrogens is 6. The maximum atomic E-state index is 6.22. The fourth-order valence-electron chi connectivity index (χ4n) is 9.38. The minimum Gasteiger partial charge on any atom is -0.456 e. The molecule has 0 amide bonds. The van der Waals surface area contributed by atoms with Crippen LogP contribution in [0.1, 0.15) is 57.7 Å². The lowest BCUT2D eigenvalue weighted by molar-refractivity contribution is 0.669. The molecule has 4 aromatic heterocycles. The van der Waals surface area contributed by atoms with E-state index in [-0.39, 0.29) is 0 Å². The van der Waals surface area contributed by atoms with E-state index in [9.17, 15) is 0 Å². The van der Waals surface area contributed by atoms with Crippen molar-refractivity contribution in [2.45, 2.75) is 60.8 Å². The van der Waals surface area contributed by atoms with Gasteiger partial charge in [-0.3, -0.25) is 0 Å². The molecule has 8 nitrogen and oxygen atoms in total. The summed E-state index contributed by atoms with van der Waals surface area (Å²) in [6.07, 6.45) is 2.31. The fourth-order valence-corrected chi connectivity index (χ4v) is 9.38. The topological polar surface area (TPSA) is 104 Å². The van der Waals surface area contributed by atoms with Gasteiger partial charge in [0, 0.05) is 57.5 Å². The van der Waals surface area contributed by atoms with E-state index in [1.54, 1.807) is 0 Å². The van der Waals surface area contributed by atoms with E-state index in [1.165, 1.54) is 32.5 Å². The molecule has 77 heavy (non-hydrogen) atoms. The van der Waals surface area contributed by atoms with E-state index < -0.39 is 0 Å². The molecular formula is C69H60N6O2. The Morgan fingerprint density at radius 1 is 0.312 bits per heavy atom. The van der Waals surface area contributed by atoms with Gasteiger partial charge in [0.25, 0.3) is 0 Å². The number of aryl methyl sites for hydroxylation is 4. The van der Waals surface area contributed by atoms with Crippen molar-refractivity contribution in [3.63, 3.8) is 0 Å². The molecule has 0 aliphatic rings. The van der Waals surface area contributed by atoms with Crippen LogP contribution in [0.4, 0.5) is 0 Å². The molecule has 14 rings (SSSR count). The lowest BCUT2D eigenvalue weighted by Gasteiger charge is -2.08. The van der Waals surface area contributed by atoms with E-state index in [4.69, 9.17) is 28.8 Å². The predicted octanol–water partition coefficient (Wildman–Crippen LogP) is 18.4. The molecule has 0 saturated carbocycles. The highest BCUT2D eigenvalue weighted by Gasteiger charge is 2.19. The van der Waals surface area contributed by atoms with Gasteiger partial charge in [0.15, 0.2) is 17.5 Å². The smallest absolute Gasteiger partial charge is 0.164 e. The van der Waals surface area contributed by atoms with Gasteiger partial charge in [-0.2, -0.15) is 0 Å². The molecule has 0 aliphatic carbocycles. The van der Waals surface area contributed by atoms with Crippen molar-refractivity contribution in [1.29, 1.82) is 0 Å². The molecule has 8 heteroatoms. The Hall–Kier alpha value is -9.40. The summed E-state index contributed by atoms with van der Waals surface area (Å²) in [5, 5.41) is 11.6. The Balaban J connectivity index is 0.000000131. The van der Waals surface area contributed by atoms with Crippen molar-refractivity contribution in [1.82, 2.24) is 29.9 Å². The van der Waals surface area contributed by atoms with Crippen molar-refractivity contribution in [3.05, 3.63) is 241 Å². The molecule has 10 aromatic carbocycles. The molecule has 0 fully saturated rings. The molecule has 0 unspecified atom stereocenters. The number of nitrogens with zero attached hydrogens (tertiary/aromatic N) is 6.